The third-order valence-corrected chi connectivity index (χ3v) is 10.1. The Kier molecular flexibility index (Phi) is 28.8. The Bertz CT molecular complexity index is 2230. The third kappa shape index (κ3) is 19.8. The maximum atomic E-state index is 11.2. The number of aryl methyl sites for hydroxylation is 4. The largest absolute Gasteiger partial charge is 2.00 e. The molecule has 350 valence electrons. The second-order valence-electron chi connectivity index (χ2n) is 15.0. The molecule has 0 unspecified atom stereocenters. The van der Waals surface area contributed by atoms with Crippen molar-refractivity contribution in [3.63, 3.8) is 0 Å². The van der Waals surface area contributed by atoms with Crippen LogP contribution < -0.4 is 10.2 Å². The number of aromatic carboxylic acids is 2. The Hall–Kier alpha value is -5.86. The van der Waals surface area contributed by atoms with Crippen LogP contribution in [0.15, 0.2) is 82.8 Å². The van der Waals surface area contributed by atoms with Crippen LogP contribution >= 0.6 is 0 Å². The number of phenolic OH excluding ortho intramolecular Hbond substituents is 2. The first-order valence-electron chi connectivity index (χ1n) is 22.6. The summed E-state index contributed by atoms with van der Waals surface area (Å²) >= 11 is 0. The van der Waals surface area contributed by atoms with Gasteiger partial charge in [0.05, 0.1) is 33.9 Å². The molecule has 10 nitrogen and oxygen atoms in total. The van der Waals surface area contributed by atoms with Gasteiger partial charge in [0.2, 0.25) is 0 Å². The summed E-state index contributed by atoms with van der Waals surface area (Å²) in [6.07, 6.45) is 15.3. The first kappa shape index (κ1) is 57.2. The van der Waals surface area contributed by atoms with Gasteiger partial charge in [0, 0.05) is 25.7 Å². The van der Waals surface area contributed by atoms with Crippen molar-refractivity contribution < 1.29 is 60.7 Å². The number of carbonyl (C=O) groups is 2. The van der Waals surface area contributed by atoms with Gasteiger partial charge in [0.15, 0.2) is 0 Å². The van der Waals surface area contributed by atoms with Crippen molar-refractivity contribution in [2.45, 2.75) is 144 Å². The molecule has 0 fully saturated rings. The number of para-hydroxylation sites is 2. The Morgan fingerprint density at radius 1 is 0.523 bits per heavy atom. The molecule has 0 aliphatic rings. The minimum atomic E-state index is -1.29. The first-order valence-corrected chi connectivity index (χ1v) is 22.6. The molecule has 4 rings (SSSR count). The van der Waals surface area contributed by atoms with Crippen molar-refractivity contribution in [3.05, 3.63) is 106 Å². The Labute approximate surface area is 400 Å². The molecule has 0 aliphatic carbocycles. The summed E-state index contributed by atoms with van der Waals surface area (Å²) < 4.78 is 0. The molecule has 0 bridgehead atoms. The smallest absolute Gasteiger partial charge is 0.869 e. The third-order valence-electron chi connectivity index (χ3n) is 10.1. The second kappa shape index (κ2) is 32.7. The fraction of sp³-hybridized carbons (Fsp3) is 0.407. The number of benzene rings is 4. The number of phenols is 2. The first-order chi connectivity index (χ1) is 30.9. The van der Waals surface area contributed by atoms with Gasteiger partial charge >= 0.3 is 32.4 Å². The standard InChI is InChI=1S/C36H48N2.2C9H10O4.Pd/c1-5-9-12-14-16-18-24-31-26-20-22-29-34(31)37-33(8-4)36(28-11-7-3)38-35-30-23-21-27-32(35)25-19-17-15-13-10-6-2;2*1-2-5-3-4-6(10)8(11)7(5)9(12)13;/h20-23,26-27,29-30H,5-11,16-19,24-25,28H2,1-4H3;2*3-4,10-11H,2H2,1H3,(H,12,13);/q;;;+2/p-2. The molecular formula is C54H66N2O8Pd. The predicted octanol–water partition coefficient (Wildman–Crippen LogP) is 11.8. The molecule has 0 saturated carbocycles. The zero-order valence-corrected chi connectivity index (χ0v) is 40.4. The number of carboxylic acid groups (broad SMARTS) is 2. The van der Waals surface area contributed by atoms with E-state index < -0.39 is 34.9 Å². The molecule has 0 amide bonds. The summed E-state index contributed by atoms with van der Waals surface area (Å²) in [5.41, 5.74) is 7.22. The van der Waals surface area contributed by atoms with Crippen molar-refractivity contribution in [1.29, 1.82) is 0 Å². The molecule has 0 spiro atoms. The van der Waals surface area contributed by atoms with Crippen molar-refractivity contribution in [3.8, 4) is 46.7 Å². The summed E-state index contributed by atoms with van der Waals surface area (Å²) in [5, 5.41) is 57.7. The van der Waals surface area contributed by atoms with Crippen LogP contribution in [0, 0.1) is 23.7 Å². The zero-order valence-electron chi connectivity index (χ0n) is 38.9. The zero-order chi connectivity index (χ0) is 47.3. The van der Waals surface area contributed by atoms with Crippen LogP contribution in [0.25, 0.3) is 0 Å². The fourth-order valence-electron chi connectivity index (χ4n) is 6.53. The molecule has 0 atom stereocenters. The van der Waals surface area contributed by atoms with Gasteiger partial charge in [-0.3, -0.25) is 9.98 Å². The molecule has 0 heterocycles. The fourth-order valence-corrected chi connectivity index (χ4v) is 6.53. The van der Waals surface area contributed by atoms with E-state index in [0.717, 1.165) is 113 Å². The molecule has 11 heteroatoms. The summed E-state index contributed by atoms with van der Waals surface area (Å²) in [6.45, 7) is 12.3. The molecule has 4 aromatic carbocycles. The summed E-state index contributed by atoms with van der Waals surface area (Å²) in [7, 11) is 0. The monoisotopic (exact) mass is 976 g/mol. The minimum absolute atomic E-state index is 0. The number of aromatic hydroxyl groups is 2. The van der Waals surface area contributed by atoms with Crippen LogP contribution in [0.2, 0.25) is 0 Å². The predicted molar refractivity (Wildman–Crippen MR) is 256 cm³/mol. The second-order valence-corrected chi connectivity index (χ2v) is 15.0. The van der Waals surface area contributed by atoms with Crippen LogP contribution in [0.5, 0.6) is 23.0 Å². The minimum Gasteiger partial charge on any atom is -0.869 e. The average molecular weight is 978 g/mol. The van der Waals surface area contributed by atoms with Gasteiger partial charge in [-0.25, -0.2) is 9.59 Å². The van der Waals surface area contributed by atoms with E-state index in [0.29, 0.717) is 24.0 Å². The Morgan fingerprint density at radius 2 is 0.923 bits per heavy atom. The van der Waals surface area contributed by atoms with E-state index in [2.05, 4.69) is 99.9 Å². The van der Waals surface area contributed by atoms with Crippen LogP contribution in [0.1, 0.15) is 162 Å². The van der Waals surface area contributed by atoms with Crippen LogP contribution in [-0.2, 0) is 46.1 Å². The number of carboxylic acids is 2. The summed E-state index contributed by atoms with van der Waals surface area (Å²) in [5.74, 6) is 7.91. The molecule has 0 radical (unpaired) electrons. The van der Waals surface area contributed by atoms with Crippen LogP contribution in [0.4, 0.5) is 11.4 Å². The van der Waals surface area contributed by atoms with Crippen molar-refractivity contribution >= 4 is 34.7 Å². The van der Waals surface area contributed by atoms with E-state index in [1.54, 1.807) is 13.8 Å². The topological polar surface area (TPSA) is 186 Å². The summed E-state index contributed by atoms with van der Waals surface area (Å²) in [6, 6.07) is 22.5. The van der Waals surface area contributed by atoms with E-state index in [9.17, 15) is 19.8 Å². The quantitative estimate of drug-likeness (QED) is 0.0309. The molecule has 4 aromatic rings. The Morgan fingerprint density at radius 3 is 1.29 bits per heavy atom. The van der Waals surface area contributed by atoms with Gasteiger partial charge in [0.25, 0.3) is 0 Å². The van der Waals surface area contributed by atoms with Crippen molar-refractivity contribution in [2.75, 3.05) is 0 Å². The van der Waals surface area contributed by atoms with Gasteiger partial charge in [-0.15, -0.1) is 23.7 Å². The molecule has 4 N–H and O–H groups in total. The number of unbranched alkanes of at least 4 members (excludes halogenated alkanes) is 5. The molecule has 0 saturated heterocycles. The van der Waals surface area contributed by atoms with Gasteiger partial charge < -0.3 is 30.6 Å². The molecular weight excluding hydrogens is 911 g/mol. The number of nitrogens with zero attached hydrogens (tertiary/aromatic N) is 2. The maximum Gasteiger partial charge on any atom is 2.00 e. The molecule has 65 heavy (non-hydrogen) atoms. The summed E-state index contributed by atoms with van der Waals surface area (Å²) in [4.78, 5) is 31.8. The van der Waals surface area contributed by atoms with E-state index in [1.165, 1.54) is 35.4 Å². The number of rotatable bonds is 19. The van der Waals surface area contributed by atoms with Gasteiger partial charge in [-0.2, -0.15) is 0 Å². The molecule has 0 aromatic heterocycles. The average Bonchev–Trinajstić information content (AvgIpc) is 3.29. The van der Waals surface area contributed by atoms with Gasteiger partial charge in [-0.1, -0.05) is 108 Å². The Balaban J connectivity index is 0.000000632. The SMILES string of the molecule is CCCC#CCCCc1ccccc1N=C(CC)C(CCCC)=Nc1ccccc1CCCC#CCCC.CCc1ccc(O)c([O-])c1C(=O)O.CCc1ccc(O)c([O-])c1C(=O)O.[Pd+2]. The van der Waals surface area contributed by atoms with E-state index in [-0.39, 0.29) is 31.5 Å². The van der Waals surface area contributed by atoms with Crippen molar-refractivity contribution in [2.24, 2.45) is 9.98 Å². The maximum absolute atomic E-state index is 11.2. The number of aliphatic imine (C=N–C) groups is 2. The van der Waals surface area contributed by atoms with Crippen LogP contribution in [-0.4, -0.2) is 43.8 Å². The van der Waals surface area contributed by atoms with E-state index >= 15 is 0 Å². The normalized spacial score (nSPS) is 10.7. The number of hydrogen-bond donors (Lipinski definition) is 4. The van der Waals surface area contributed by atoms with Crippen LogP contribution in [0.3, 0.4) is 0 Å². The van der Waals surface area contributed by atoms with Gasteiger partial charge in [-0.05, 0) is 117 Å². The number of hydrogen-bond acceptors (Lipinski definition) is 8. The van der Waals surface area contributed by atoms with Crippen molar-refractivity contribution in [1.82, 2.24) is 0 Å². The van der Waals surface area contributed by atoms with E-state index in [4.69, 9.17) is 30.4 Å². The van der Waals surface area contributed by atoms with Gasteiger partial charge in [0.1, 0.15) is 11.5 Å². The van der Waals surface area contributed by atoms with E-state index in [1.807, 2.05) is 0 Å². The molecule has 0 aliphatic heterocycles.